The molecule has 0 aliphatic heterocycles. The molecule has 25 heavy (non-hydrogen) atoms. The molecule has 0 heterocycles. The van der Waals surface area contributed by atoms with E-state index in [-0.39, 0.29) is 11.9 Å². The van der Waals surface area contributed by atoms with Crippen LogP contribution in [0.5, 0.6) is 5.75 Å². The summed E-state index contributed by atoms with van der Waals surface area (Å²) in [7, 11) is 1.70. The number of hydrogen-bond donors (Lipinski definition) is 1. The molecule has 0 aliphatic rings. The van der Waals surface area contributed by atoms with Crippen molar-refractivity contribution in [3.63, 3.8) is 0 Å². The first-order valence-electron chi connectivity index (χ1n) is 8.58. The average molecular weight is 358 g/mol. The van der Waals surface area contributed by atoms with Crippen LogP contribution in [0.2, 0.25) is 0 Å². The number of amides is 1. The van der Waals surface area contributed by atoms with E-state index in [0.717, 1.165) is 21.8 Å². The highest BCUT2D eigenvalue weighted by atomic mass is 32.2. The Morgan fingerprint density at radius 1 is 1.12 bits per heavy atom. The quantitative estimate of drug-likeness (QED) is 0.701. The number of benzene rings is 2. The van der Waals surface area contributed by atoms with Crippen LogP contribution in [-0.4, -0.2) is 18.8 Å². The summed E-state index contributed by atoms with van der Waals surface area (Å²) in [6.07, 6.45) is 0. The van der Waals surface area contributed by atoms with E-state index in [1.54, 1.807) is 18.9 Å². The SMILES string of the molecule is COc1cc(C)c([C@@H](C)NC(=O)CSc2ccccc2)cc1C(C)C. The normalized spacial score (nSPS) is 12.1. The number of thioether (sulfide) groups is 1. The number of carbonyl (C=O) groups is 1. The molecule has 134 valence electrons. The Balaban J connectivity index is 2.05. The second-order valence-corrected chi connectivity index (χ2v) is 7.55. The minimum absolute atomic E-state index is 0.0349. The van der Waals surface area contributed by atoms with Gasteiger partial charge >= 0.3 is 0 Å². The third kappa shape index (κ3) is 5.27. The first-order chi connectivity index (χ1) is 11.9. The Hall–Kier alpha value is -1.94. The summed E-state index contributed by atoms with van der Waals surface area (Å²) >= 11 is 1.55. The topological polar surface area (TPSA) is 38.3 Å². The van der Waals surface area contributed by atoms with Gasteiger partial charge < -0.3 is 10.1 Å². The van der Waals surface area contributed by atoms with Gasteiger partial charge in [-0.1, -0.05) is 32.0 Å². The summed E-state index contributed by atoms with van der Waals surface area (Å²) in [6.45, 7) is 8.39. The first-order valence-corrected chi connectivity index (χ1v) is 9.56. The number of carbonyl (C=O) groups excluding carboxylic acids is 1. The van der Waals surface area contributed by atoms with E-state index in [0.29, 0.717) is 11.7 Å². The Morgan fingerprint density at radius 2 is 1.80 bits per heavy atom. The van der Waals surface area contributed by atoms with Gasteiger partial charge in [-0.15, -0.1) is 11.8 Å². The Kier molecular flexibility index (Phi) is 6.94. The highest BCUT2D eigenvalue weighted by molar-refractivity contribution is 8.00. The predicted molar refractivity (Wildman–Crippen MR) is 106 cm³/mol. The molecule has 0 spiro atoms. The second kappa shape index (κ2) is 8.95. The van der Waals surface area contributed by atoms with Gasteiger partial charge in [-0.2, -0.15) is 0 Å². The molecule has 1 atom stereocenters. The summed E-state index contributed by atoms with van der Waals surface area (Å²) in [6, 6.07) is 14.2. The highest BCUT2D eigenvalue weighted by Crippen LogP contribution is 2.32. The molecule has 4 heteroatoms. The van der Waals surface area contributed by atoms with Crippen molar-refractivity contribution >= 4 is 17.7 Å². The van der Waals surface area contributed by atoms with Crippen molar-refractivity contribution in [2.75, 3.05) is 12.9 Å². The number of hydrogen-bond acceptors (Lipinski definition) is 3. The number of nitrogens with one attached hydrogen (secondary N) is 1. The van der Waals surface area contributed by atoms with Crippen LogP contribution in [0.15, 0.2) is 47.4 Å². The lowest BCUT2D eigenvalue weighted by atomic mass is 9.93. The zero-order valence-electron chi connectivity index (χ0n) is 15.6. The first kappa shape index (κ1) is 19.4. The molecule has 2 rings (SSSR count). The van der Waals surface area contributed by atoms with E-state index in [9.17, 15) is 4.79 Å². The van der Waals surface area contributed by atoms with Gasteiger partial charge in [0.25, 0.3) is 0 Å². The Morgan fingerprint density at radius 3 is 2.40 bits per heavy atom. The van der Waals surface area contributed by atoms with Gasteiger partial charge in [0.05, 0.1) is 18.9 Å². The molecular formula is C21H27NO2S. The van der Waals surface area contributed by atoms with Gasteiger partial charge in [0.1, 0.15) is 5.75 Å². The van der Waals surface area contributed by atoms with Gasteiger partial charge in [-0.3, -0.25) is 4.79 Å². The summed E-state index contributed by atoms with van der Waals surface area (Å²) in [4.78, 5) is 13.4. The molecule has 0 aliphatic carbocycles. The monoisotopic (exact) mass is 357 g/mol. The van der Waals surface area contributed by atoms with Crippen LogP contribution in [-0.2, 0) is 4.79 Å². The van der Waals surface area contributed by atoms with Crippen LogP contribution >= 0.6 is 11.8 Å². The fourth-order valence-corrected chi connectivity index (χ4v) is 3.57. The smallest absolute Gasteiger partial charge is 0.230 e. The molecule has 0 aromatic heterocycles. The van der Waals surface area contributed by atoms with E-state index < -0.39 is 0 Å². The van der Waals surface area contributed by atoms with Crippen LogP contribution in [0.1, 0.15) is 49.4 Å². The predicted octanol–water partition coefficient (Wildman–Crippen LogP) is 5.10. The van der Waals surface area contributed by atoms with E-state index in [2.05, 4.69) is 38.2 Å². The van der Waals surface area contributed by atoms with Crippen molar-refractivity contribution in [2.45, 2.75) is 44.6 Å². The van der Waals surface area contributed by atoms with Gasteiger partial charge in [0.15, 0.2) is 0 Å². The highest BCUT2D eigenvalue weighted by Gasteiger charge is 2.16. The minimum atomic E-state index is -0.0349. The molecule has 0 saturated heterocycles. The average Bonchev–Trinajstić information content (AvgIpc) is 2.60. The van der Waals surface area contributed by atoms with E-state index in [1.807, 2.05) is 37.3 Å². The standard InChI is InChI=1S/C21H27NO2S/c1-14(2)18-12-19(15(3)11-20(18)24-5)16(4)22-21(23)13-25-17-9-7-6-8-10-17/h6-12,14,16H,13H2,1-5H3,(H,22,23)/t16-/m1/s1. The lowest BCUT2D eigenvalue weighted by molar-refractivity contribution is -0.119. The van der Waals surface area contributed by atoms with Crippen molar-refractivity contribution in [2.24, 2.45) is 0 Å². The molecule has 1 N–H and O–H groups in total. The van der Waals surface area contributed by atoms with Crippen molar-refractivity contribution < 1.29 is 9.53 Å². The molecular weight excluding hydrogens is 330 g/mol. The summed E-state index contributed by atoms with van der Waals surface area (Å²) < 4.78 is 5.50. The molecule has 0 fully saturated rings. The molecule has 2 aromatic rings. The maximum absolute atomic E-state index is 12.3. The third-order valence-electron chi connectivity index (χ3n) is 4.20. The zero-order valence-corrected chi connectivity index (χ0v) is 16.4. The van der Waals surface area contributed by atoms with Crippen molar-refractivity contribution in [1.82, 2.24) is 5.32 Å². The maximum Gasteiger partial charge on any atom is 0.230 e. The lowest BCUT2D eigenvalue weighted by Gasteiger charge is -2.21. The molecule has 0 bridgehead atoms. The van der Waals surface area contributed by atoms with Crippen LogP contribution in [0, 0.1) is 6.92 Å². The van der Waals surface area contributed by atoms with Crippen LogP contribution in [0.4, 0.5) is 0 Å². The van der Waals surface area contributed by atoms with Gasteiger partial charge in [0, 0.05) is 4.90 Å². The molecule has 1 amide bonds. The largest absolute Gasteiger partial charge is 0.496 e. The summed E-state index contributed by atoms with van der Waals surface area (Å²) in [5.74, 6) is 1.74. The molecule has 3 nitrogen and oxygen atoms in total. The van der Waals surface area contributed by atoms with Crippen molar-refractivity contribution in [3.8, 4) is 5.75 Å². The minimum Gasteiger partial charge on any atom is -0.496 e. The number of rotatable bonds is 7. The van der Waals surface area contributed by atoms with Crippen LogP contribution in [0.3, 0.4) is 0 Å². The summed E-state index contributed by atoms with van der Waals surface area (Å²) in [5.41, 5.74) is 3.44. The molecule has 2 aromatic carbocycles. The third-order valence-corrected chi connectivity index (χ3v) is 5.21. The zero-order chi connectivity index (χ0) is 18.4. The van der Waals surface area contributed by atoms with Crippen LogP contribution < -0.4 is 10.1 Å². The van der Waals surface area contributed by atoms with Gasteiger partial charge in [0.2, 0.25) is 5.91 Å². The summed E-state index contributed by atoms with van der Waals surface area (Å²) in [5, 5.41) is 3.11. The second-order valence-electron chi connectivity index (χ2n) is 6.50. The van der Waals surface area contributed by atoms with Crippen molar-refractivity contribution in [3.05, 3.63) is 59.2 Å². The molecule has 0 radical (unpaired) electrons. The van der Waals surface area contributed by atoms with E-state index in [1.165, 1.54) is 5.56 Å². The Labute approximate surface area is 155 Å². The lowest BCUT2D eigenvalue weighted by Crippen LogP contribution is -2.28. The number of ether oxygens (including phenoxy) is 1. The number of methoxy groups -OCH3 is 1. The van der Waals surface area contributed by atoms with Gasteiger partial charge in [-0.05, 0) is 60.7 Å². The fourth-order valence-electron chi connectivity index (χ4n) is 2.84. The maximum atomic E-state index is 12.3. The van der Waals surface area contributed by atoms with E-state index >= 15 is 0 Å². The van der Waals surface area contributed by atoms with Gasteiger partial charge in [-0.25, -0.2) is 0 Å². The number of aryl methyl sites for hydroxylation is 1. The molecule has 0 saturated carbocycles. The Bertz CT molecular complexity index is 713. The fraction of sp³-hybridized carbons (Fsp3) is 0.381. The molecule has 0 unspecified atom stereocenters. The van der Waals surface area contributed by atoms with E-state index in [4.69, 9.17) is 4.74 Å². The van der Waals surface area contributed by atoms with Crippen LogP contribution in [0.25, 0.3) is 0 Å². The van der Waals surface area contributed by atoms with Crippen molar-refractivity contribution in [1.29, 1.82) is 0 Å².